The van der Waals surface area contributed by atoms with Crippen molar-refractivity contribution in [2.24, 2.45) is 5.10 Å². The fraction of sp³-hybridized carbons (Fsp3) is 0.211. The number of benzene rings is 2. The van der Waals surface area contributed by atoms with Crippen LogP contribution in [0.1, 0.15) is 22.5 Å². The maximum absolute atomic E-state index is 5.98. The Kier molecular flexibility index (Phi) is 4.70. The molecule has 0 saturated carbocycles. The zero-order chi connectivity index (χ0) is 18.1. The number of aromatic nitrogens is 3. The van der Waals surface area contributed by atoms with Gasteiger partial charge in [-0.15, -0.1) is 10.2 Å². The van der Waals surface area contributed by atoms with E-state index in [1.54, 1.807) is 16.4 Å². The average molecular weight is 385 g/mol. The van der Waals surface area contributed by atoms with Crippen LogP contribution in [0.15, 0.2) is 52.7 Å². The van der Waals surface area contributed by atoms with Crippen molar-refractivity contribution in [2.45, 2.75) is 25.6 Å². The highest BCUT2D eigenvalue weighted by Gasteiger charge is 2.20. The summed E-state index contributed by atoms with van der Waals surface area (Å²) in [6.45, 7) is 4.44. The van der Waals surface area contributed by atoms with Crippen LogP contribution in [0.25, 0.3) is 0 Å². The molecule has 26 heavy (non-hydrogen) atoms. The molecule has 0 amide bonds. The van der Waals surface area contributed by atoms with Crippen LogP contribution in [-0.2, 0) is 6.61 Å². The summed E-state index contributed by atoms with van der Waals surface area (Å²) in [5, 5.41) is 14.7. The van der Waals surface area contributed by atoms with Crippen LogP contribution in [-0.4, -0.2) is 26.3 Å². The molecular formula is C19H17ClN4OS. The van der Waals surface area contributed by atoms with Gasteiger partial charge in [-0.1, -0.05) is 47.6 Å². The number of aryl methyl sites for hydroxylation is 1. The number of halogens is 1. The number of rotatable bonds is 4. The second kappa shape index (κ2) is 7.13. The van der Waals surface area contributed by atoms with Crippen molar-refractivity contribution in [2.75, 3.05) is 5.75 Å². The summed E-state index contributed by atoms with van der Waals surface area (Å²) < 4.78 is 7.73. The van der Waals surface area contributed by atoms with E-state index in [4.69, 9.17) is 21.4 Å². The van der Waals surface area contributed by atoms with Gasteiger partial charge >= 0.3 is 0 Å². The first-order valence-corrected chi connectivity index (χ1v) is 9.58. The minimum atomic E-state index is 0.315. The van der Waals surface area contributed by atoms with Gasteiger partial charge in [-0.3, -0.25) is 0 Å². The molecule has 1 aliphatic heterocycles. The molecule has 5 nitrogen and oxygen atoms in total. The third kappa shape index (κ3) is 3.34. The van der Waals surface area contributed by atoms with Crippen molar-refractivity contribution in [3.8, 4) is 5.75 Å². The smallest absolute Gasteiger partial charge is 0.212 e. The van der Waals surface area contributed by atoms with E-state index in [1.807, 2.05) is 36.4 Å². The number of ether oxygens (including phenoxy) is 1. The predicted molar refractivity (Wildman–Crippen MR) is 104 cm³/mol. The summed E-state index contributed by atoms with van der Waals surface area (Å²) in [5.74, 6) is 2.28. The van der Waals surface area contributed by atoms with Crippen LogP contribution in [0.5, 0.6) is 5.75 Å². The van der Waals surface area contributed by atoms with E-state index in [-0.39, 0.29) is 0 Å². The molecule has 0 bridgehead atoms. The fourth-order valence-electron chi connectivity index (χ4n) is 2.66. The Morgan fingerprint density at radius 3 is 2.73 bits per heavy atom. The highest BCUT2D eigenvalue weighted by atomic mass is 35.5. The van der Waals surface area contributed by atoms with Crippen LogP contribution < -0.4 is 4.74 Å². The van der Waals surface area contributed by atoms with Crippen molar-refractivity contribution in [1.29, 1.82) is 0 Å². The summed E-state index contributed by atoms with van der Waals surface area (Å²) in [4.78, 5) is 0. The highest BCUT2D eigenvalue weighted by molar-refractivity contribution is 7.99. The predicted octanol–water partition coefficient (Wildman–Crippen LogP) is 4.49. The van der Waals surface area contributed by atoms with Crippen molar-refractivity contribution in [3.05, 3.63) is 70.0 Å². The lowest BCUT2D eigenvalue weighted by atomic mass is 10.1. The maximum atomic E-state index is 5.98. The lowest BCUT2D eigenvalue weighted by Gasteiger charge is -2.15. The zero-order valence-electron chi connectivity index (χ0n) is 14.4. The Morgan fingerprint density at radius 2 is 1.92 bits per heavy atom. The van der Waals surface area contributed by atoms with E-state index < -0.39 is 0 Å². The Balaban J connectivity index is 1.59. The molecule has 2 aromatic carbocycles. The summed E-state index contributed by atoms with van der Waals surface area (Å²) in [5.41, 5.74) is 4.34. The lowest BCUT2D eigenvalue weighted by Crippen LogP contribution is -2.15. The Labute approximate surface area is 161 Å². The van der Waals surface area contributed by atoms with Gasteiger partial charge in [0.05, 0.1) is 5.71 Å². The second-order valence-corrected chi connectivity index (χ2v) is 7.42. The zero-order valence-corrected chi connectivity index (χ0v) is 16.0. The van der Waals surface area contributed by atoms with Gasteiger partial charge in [0, 0.05) is 10.8 Å². The average Bonchev–Trinajstić information content (AvgIpc) is 3.06. The molecule has 0 saturated heterocycles. The molecule has 0 radical (unpaired) electrons. The third-order valence-corrected chi connectivity index (χ3v) is 5.51. The van der Waals surface area contributed by atoms with Crippen molar-refractivity contribution >= 4 is 29.1 Å². The molecule has 0 spiro atoms. The largest absolute Gasteiger partial charge is 0.485 e. The van der Waals surface area contributed by atoms with E-state index in [1.165, 1.54) is 5.56 Å². The number of thioether (sulfide) groups is 1. The highest BCUT2D eigenvalue weighted by Crippen LogP contribution is 2.26. The second-order valence-electron chi connectivity index (χ2n) is 6.04. The van der Waals surface area contributed by atoms with E-state index in [0.29, 0.717) is 17.5 Å². The molecule has 7 heteroatoms. The normalized spacial score (nSPS) is 13.3. The van der Waals surface area contributed by atoms with Gasteiger partial charge in [0.1, 0.15) is 12.4 Å². The van der Waals surface area contributed by atoms with Gasteiger partial charge in [0.2, 0.25) is 5.16 Å². The summed E-state index contributed by atoms with van der Waals surface area (Å²) in [7, 11) is 0. The Bertz CT molecular complexity index is 982. The van der Waals surface area contributed by atoms with Crippen LogP contribution in [0, 0.1) is 13.8 Å². The van der Waals surface area contributed by atoms with Gasteiger partial charge in [0.25, 0.3) is 0 Å². The molecule has 0 aliphatic carbocycles. The summed E-state index contributed by atoms with van der Waals surface area (Å²) in [6, 6.07) is 13.7. The Morgan fingerprint density at radius 1 is 1.12 bits per heavy atom. The SMILES string of the molecule is Cc1cccc(OCc2nnc3n2N=C(c2ccc(Cl)cc2)CS3)c1C. The molecule has 4 rings (SSSR count). The lowest BCUT2D eigenvalue weighted by molar-refractivity contribution is 0.287. The number of hydrogen-bond donors (Lipinski definition) is 0. The Hall–Kier alpha value is -2.31. The van der Waals surface area contributed by atoms with Crippen molar-refractivity contribution in [1.82, 2.24) is 14.9 Å². The van der Waals surface area contributed by atoms with Crippen LogP contribution in [0.3, 0.4) is 0 Å². The van der Waals surface area contributed by atoms with E-state index >= 15 is 0 Å². The molecule has 132 valence electrons. The molecule has 1 aromatic heterocycles. The molecule has 1 aliphatic rings. The van der Waals surface area contributed by atoms with Gasteiger partial charge in [0.15, 0.2) is 5.82 Å². The number of hydrogen-bond acceptors (Lipinski definition) is 5. The van der Waals surface area contributed by atoms with Crippen LogP contribution >= 0.6 is 23.4 Å². The quantitative estimate of drug-likeness (QED) is 0.665. The third-order valence-electron chi connectivity index (χ3n) is 4.32. The molecule has 0 unspecified atom stereocenters. The maximum Gasteiger partial charge on any atom is 0.212 e. The molecule has 0 atom stereocenters. The van der Waals surface area contributed by atoms with Crippen LogP contribution in [0.4, 0.5) is 0 Å². The van der Waals surface area contributed by atoms with Crippen LogP contribution in [0.2, 0.25) is 5.02 Å². The van der Waals surface area contributed by atoms with Crippen molar-refractivity contribution < 1.29 is 4.74 Å². The minimum absolute atomic E-state index is 0.315. The summed E-state index contributed by atoms with van der Waals surface area (Å²) >= 11 is 7.59. The topological polar surface area (TPSA) is 52.3 Å². The standard InChI is InChI=1S/C19H17ClN4OS/c1-12-4-3-5-17(13(12)2)25-10-18-21-22-19-24(18)23-16(11-26-19)14-6-8-15(20)9-7-14/h3-9H,10-11H2,1-2H3. The minimum Gasteiger partial charge on any atom is -0.485 e. The van der Waals surface area contributed by atoms with Gasteiger partial charge in [-0.05, 0) is 48.7 Å². The molecule has 2 heterocycles. The van der Waals surface area contributed by atoms with E-state index in [0.717, 1.165) is 33.5 Å². The van der Waals surface area contributed by atoms with Gasteiger partial charge in [-0.25, -0.2) is 0 Å². The van der Waals surface area contributed by atoms with Gasteiger partial charge in [-0.2, -0.15) is 9.78 Å². The first-order valence-electron chi connectivity index (χ1n) is 8.22. The van der Waals surface area contributed by atoms with Crippen molar-refractivity contribution in [3.63, 3.8) is 0 Å². The molecule has 0 fully saturated rings. The van der Waals surface area contributed by atoms with Gasteiger partial charge < -0.3 is 4.74 Å². The summed E-state index contributed by atoms with van der Waals surface area (Å²) in [6.07, 6.45) is 0. The van der Waals surface area contributed by atoms with E-state index in [9.17, 15) is 0 Å². The first kappa shape index (κ1) is 17.1. The number of nitrogens with zero attached hydrogens (tertiary/aromatic N) is 4. The molecular weight excluding hydrogens is 368 g/mol. The fourth-order valence-corrected chi connectivity index (χ4v) is 3.65. The monoisotopic (exact) mass is 384 g/mol. The molecule has 0 N–H and O–H groups in total. The number of fused-ring (bicyclic) bond motifs is 1. The van der Waals surface area contributed by atoms with E-state index in [2.05, 4.69) is 30.1 Å². The first-order chi connectivity index (χ1) is 12.6. The molecule has 3 aromatic rings.